The van der Waals surface area contributed by atoms with Crippen molar-refractivity contribution in [3.63, 3.8) is 0 Å². The number of aromatic nitrogens is 2. The lowest BCUT2D eigenvalue weighted by Crippen LogP contribution is -2.43. The molecule has 1 aliphatic heterocycles. The zero-order chi connectivity index (χ0) is 17.5. The molecule has 3 rings (SSSR count). The molecule has 1 saturated heterocycles. The third kappa shape index (κ3) is 4.54. The first-order valence-electron chi connectivity index (χ1n) is 8.72. The average molecular weight is 340 g/mol. The molecular formula is C19H24N4O2. The number of nitrogens with zero attached hydrogens (tertiary/aromatic N) is 4. The van der Waals surface area contributed by atoms with E-state index in [1.165, 1.54) is 0 Å². The van der Waals surface area contributed by atoms with Gasteiger partial charge in [-0.05, 0) is 18.4 Å². The molecule has 1 aromatic heterocycles. The molecule has 0 unspecified atom stereocenters. The Morgan fingerprint density at radius 2 is 1.96 bits per heavy atom. The van der Waals surface area contributed by atoms with Crippen molar-refractivity contribution < 1.29 is 9.90 Å². The molecule has 6 nitrogen and oxygen atoms in total. The fourth-order valence-electron chi connectivity index (χ4n) is 3.26. The second-order valence-corrected chi connectivity index (χ2v) is 6.29. The Hall–Kier alpha value is -2.47. The van der Waals surface area contributed by atoms with Crippen LogP contribution in [0.15, 0.2) is 48.9 Å². The van der Waals surface area contributed by atoms with Crippen LogP contribution < -0.4 is 4.90 Å². The number of benzene rings is 1. The van der Waals surface area contributed by atoms with Gasteiger partial charge in [-0.25, -0.2) is 4.98 Å². The van der Waals surface area contributed by atoms with Crippen molar-refractivity contribution in [1.29, 1.82) is 0 Å². The Labute approximate surface area is 148 Å². The summed E-state index contributed by atoms with van der Waals surface area (Å²) in [5.74, 6) is 1.00. The molecule has 1 amide bonds. The lowest BCUT2D eigenvalue weighted by molar-refractivity contribution is -0.137. The molecule has 1 aromatic carbocycles. The van der Waals surface area contributed by atoms with Gasteiger partial charge in [0.1, 0.15) is 5.82 Å². The summed E-state index contributed by atoms with van der Waals surface area (Å²) in [7, 11) is 0. The highest BCUT2D eigenvalue weighted by molar-refractivity contribution is 5.79. The van der Waals surface area contributed by atoms with Gasteiger partial charge in [-0.15, -0.1) is 0 Å². The number of amides is 1. The van der Waals surface area contributed by atoms with Crippen molar-refractivity contribution in [2.24, 2.45) is 5.92 Å². The van der Waals surface area contributed by atoms with E-state index in [9.17, 15) is 9.90 Å². The Balaban J connectivity index is 1.59. The van der Waals surface area contributed by atoms with Crippen LogP contribution >= 0.6 is 0 Å². The Morgan fingerprint density at radius 3 is 2.60 bits per heavy atom. The smallest absolute Gasteiger partial charge is 0.226 e. The van der Waals surface area contributed by atoms with Gasteiger partial charge in [-0.1, -0.05) is 30.3 Å². The summed E-state index contributed by atoms with van der Waals surface area (Å²) >= 11 is 0. The minimum Gasteiger partial charge on any atom is -0.395 e. The van der Waals surface area contributed by atoms with Crippen LogP contribution in [-0.4, -0.2) is 52.1 Å². The molecule has 2 aromatic rings. The zero-order valence-corrected chi connectivity index (χ0v) is 14.3. The van der Waals surface area contributed by atoms with E-state index in [4.69, 9.17) is 0 Å². The van der Waals surface area contributed by atoms with E-state index in [-0.39, 0.29) is 18.4 Å². The third-order valence-electron chi connectivity index (χ3n) is 4.62. The highest BCUT2D eigenvalue weighted by atomic mass is 16.3. The number of rotatable bonds is 6. The molecule has 0 bridgehead atoms. The summed E-state index contributed by atoms with van der Waals surface area (Å²) in [5.41, 5.74) is 1.08. The van der Waals surface area contributed by atoms with E-state index in [0.29, 0.717) is 13.1 Å². The number of carbonyl (C=O) groups is 1. The second-order valence-electron chi connectivity index (χ2n) is 6.29. The van der Waals surface area contributed by atoms with E-state index in [1.807, 2.05) is 30.3 Å². The molecule has 25 heavy (non-hydrogen) atoms. The van der Waals surface area contributed by atoms with E-state index in [1.54, 1.807) is 23.5 Å². The fourth-order valence-corrected chi connectivity index (χ4v) is 3.26. The fraction of sp³-hybridized carbons (Fsp3) is 0.421. The van der Waals surface area contributed by atoms with Crippen LogP contribution in [-0.2, 0) is 11.3 Å². The highest BCUT2D eigenvalue weighted by Gasteiger charge is 2.29. The number of anilines is 1. The monoisotopic (exact) mass is 340 g/mol. The van der Waals surface area contributed by atoms with Gasteiger partial charge in [-0.3, -0.25) is 9.78 Å². The standard InChI is InChI=1S/C19H24N4O2/c24-13-12-23(15-16-4-2-1-3-5-16)19(25)17-6-10-22(11-7-17)18-14-20-8-9-21-18/h1-5,8-9,14,17,24H,6-7,10-13,15H2. The first-order chi connectivity index (χ1) is 12.3. The molecule has 0 saturated carbocycles. The van der Waals surface area contributed by atoms with Gasteiger partial charge in [0.05, 0.1) is 12.8 Å². The predicted molar refractivity (Wildman–Crippen MR) is 95.9 cm³/mol. The summed E-state index contributed by atoms with van der Waals surface area (Å²) in [6.07, 6.45) is 6.71. The lowest BCUT2D eigenvalue weighted by atomic mass is 9.95. The maximum Gasteiger partial charge on any atom is 0.226 e. The molecule has 1 N–H and O–H groups in total. The van der Waals surface area contributed by atoms with Crippen LogP contribution in [0.3, 0.4) is 0 Å². The van der Waals surface area contributed by atoms with E-state index < -0.39 is 0 Å². The predicted octanol–water partition coefficient (Wildman–Crippen LogP) is 1.71. The van der Waals surface area contributed by atoms with Crippen molar-refractivity contribution in [2.45, 2.75) is 19.4 Å². The van der Waals surface area contributed by atoms with Gasteiger partial charge in [0.25, 0.3) is 0 Å². The largest absolute Gasteiger partial charge is 0.395 e. The van der Waals surface area contributed by atoms with Crippen LogP contribution in [0.2, 0.25) is 0 Å². The first kappa shape index (κ1) is 17.4. The summed E-state index contributed by atoms with van der Waals surface area (Å²) in [5, 5.41) is 9.34. The molecule has 132 valence electrons. The normalized spacial score (nSPS) is 15.2. The molecule has 0 radical (unpaired) electrons. The van der Waals surface area contributed by atoms with Gasteiger partial charge in [-0.2, -0.15) is 0 Å². The molecule has 6 heteroatoms. The van der Waals surface area contributed by atoms with Gasteiger partial charge < -0.3 is 14.9 Å². The number of aliphatic hydroxyl groups excluding tert-OH is 1. The van der Waals surface area contributed by atoms with E-state index >= 15 is 0 Å². The summed E-state index contributed by atoms with van der Waals surface area (Å²) in [6.45, 7) is 2.50. The van der Waals surface area contributed by atoms with Crippen LogP contribution in [0.25, 0.3) is 0 Å². The van der Waals surface area contributed by atoms with Crippen molar-refractivity contribution in [3.05, 3.63) is 54.5 Å². The highest BCUT2D eigenvalue weighted by Crippen LogP contribution is 2.23. The summed E-state index contributed by atoms with van der Waals surface area (Å²) < 4.78 is 0. The van der Waals surface area contributed by atoms with Crippen molar-refractivity contribution >= 4 is 11.7 Å². The van der Waals surface area contributed by atoms with Crippen LogP contribution in [0.4, 0.5) is 5.82 Å². The summed E-state index contributed by atoms with van der Waals surface area (Å²) in [6, 6.07) is 9.92. The quantitative estimate of drug-likeness (QED) is 0.867. The number of aliphatic hydroxyl groups is 1. The molecule has 0 atom stereocenters. The van der Waals surface area contributed by atoms with Gasteiger partial charge in [0.2, 0.25) is 5.91 Å². The second kappa shape index (κ2) is 8.58. The number of carbonyl (C=O) groups excluding carboxylic acids is 1. The van der Waals surface area contributed by atoms with Crippen LogP contribution in [0, 0.1) is 5.92 Å². The molecule has 0 spiro atoms. The molecule has 2 heterocycles. The molecule has 1 fully saturated rings. The Morgan fingerprint density at radius 1 is 1.20 bits per heavy atom. The average Bonchev–Trinajstić information content (AvgIpc) is 2.69. The third-order valence-corrected chi connectivity index (χ3v) is 4.62. The number of hydrogen-bond donors (Lipinski definition) is 1. The van der Waals surface area contributed by atoms with E-state index in [2.05, 4.69) is 14.9 Å². The SMILES string of the molecule is O=C(C1CCN(c2cnccn2)CC1)N(CCO)Cc1ccccc1. The number of piperidine rings is 1. The molecule has 1 aliphatic rings. The van der Waals surface area contributed by atoms with Gasteiger partial charge in [0.15, 0.2) is 0 Å². The van der Waals surface area contributed by atoms with E-state index in [0.717, 1.165) is 37.3 Å². The Kier molecular flexibility index (Phi) is 5.95. The maximum absolute atomic E-state index is 12.9. The van der Waals surface area contributed by atoms with Crippen molar-refractivity contribution in [2.75, 3.05) is 31.1 Å². The van der Waals surface area contributed by atoms with Crippen LogP contribution in [0.5, 0.6) is 0 Å². The topological polar surface area (TPSA) is 69.6 Å². The zero-order valence-electron chi connectivity index (χ0n) is 14.3. The molecular weight excluding hydrogens is 316 g/mol. The minimum atomic E-state index is -0.0168. The van der Waals surface area contributed by atoms with Gasteiger partial charge in [0, 0.05) is 44.5 Å². The molecule has 0 aliphatic carbocycles. The van der Waals surface area contributed by atoms with Crippen LogP contribution in [0.1, 0.15) is 18.4 Å². The maximum atomic E-state index is 12.9. The first-order valence-corrected chi connectivity index (χ1v) is 8.72. The number of hydrogen-bond acceptors (Lipinski definition) is 5. The van der Waals surface area contributed by atoms with Crippen molar-refractivity contribution in [1.82, 2.24) is 14.9 Å². The van der Waals surface area contributed by atoms with Crippen molar-refractivity contribution in [3.8, 4) is 0 Å². The Bertz CT molecular complexity index is 658. The summed E-state index contributed by atoms with van der Waals surface area (Å²) in [4.78, 5) is 25.3. The minimum absolute atomic E-state index is 0.00295. The lowest BCUT2D eigenvalue weighted by Gasteiger charge is -2.34. The van der Waals surface area contributed by atoms with Gasteiger partial charge >= 0.3 is 0 Å².